The van der Waals surface area contributed by atoms with Crippen LogP contribution >= 0.6 is 0 Å². The van der Waals surface area contributed by atoms with Gasteiger partial charge in [-0.1, -0.05) is 181 Å². The Morgan fingerprint density at radius 3 is 0.767 bits per heavy atom. The Morgan fingerprint density at radius 2 is 0.605 bits per heavy atom. The summed E-state index contributed by atoms with van der Waals surface area (Å²) >= 11 is 0. The van der Waals surface area contributed by atoms with Crippen molar-refractivity contribution in [1.29, 1.82) is 0 Å². The molecule has 9 heteroatoms. The van der Waals surface area contributed by atoms with Crippen molar-refractivity contribution in [1.82, 2.24) is 0 Å². The van der Waals surface area contributed by atoms with E-state index in [4.69, 9.17) is 22.3 Å². The maximum atomic E-state index is 8.52. The summed E-state index contributed by atoms with van der Waals surface area (Å²) in [7, 11) is -5.17. The number of hydrogen-bond acceptors (Lipinski definition) is 6. The molecule has 0 aromatic heterocycles. The number of rotatable bonds is 30. The summed E-state index contributed by atoms with van der Waals surface area (Å²) in [6.07, 6.45) is 40.1. The van der Waals surface area contributed by atoms with Gasteiger partial charge in [0.1, 0.15) is 0 Å². The van der Waals surface area contributed by atoms with Crippen LogP contribution in [0.25, 0.3) is 0 Å². The van der Waals surface area contributed by atoms with E-state index in [1.54, 1.807) is 0 Å². The van der Waals surface area contributed by atoms with E-state index in [9.17, 15) is 0 Å². The molecule has 0 aromatic carbocycles. The van der Waals surface area contributed by atoms with Gasteiger partial charge < -0.3 is 18.6 Å². The number of unbranched alkanes of at least 4 members (excludes halogenated alkanes) is 26. The minimum atomic E-state index is -5.17. The van der Waals surface area contributed by atoms with Gasteiger partial charge >= 0.3 is 59.1 Å². The maximum Gasteiger partial charge on any atom is 1.00 e. The van der Waals surface area contributed by atoms with Crippen LogP contribution in [-0.2, 0) is 19.9 Å². The first-order valence-corrected chi connectivity index (χ1v) is 19.1. The third kappa shape index (κ3) is 71.1. The average Bonchev–Trinajstić information content (AvgIpc) is 3.81. The number of ether oxygens (including phenoxy) is 2. The van der Waals surface area contributed by atoms with Crippen molar-refractivity contribution < 1.29 is 86.1 Å². The molecule has 0 radical (unpaired) electrons. The Bertz CT molecular complexity index is 524. The Labute approximate surface area is 313 Å². The Kier molecular flexibility index (Phi) is 55.1. The van der Waals surface area contributed by atoms with E-state index in [-0.39, 0.29) is 59.1 Å². The molecule has 0 N–H and O–H groups in total. The first kappa shape index (κ1) is 51.6. The van der Waals surface area contributed by atoms with Gasteiger partial charge in [0.15, 0.2) is 0 Å². The second kappa shape index (κ2) is 45.9. The summed E-state index contributed by atoms with van der Waals surface area (Å²) in [4.78, 5) is 0. The molecule has 0 unspecified atom stereocenters. The van der Waals surface area contributed by atoms with Gasteiger partial charge in [-0.3, -0.25) is 8.42 Å². The van der Waals surface area contributed by atoms with Gasteiger partial charge in [-0.25, -0.2) is 0 Å². The second-order valence-corrected chi connectivity index (χ2v) is 12.6. The molecule has 1 saturated heterocycles. The molecule has 1 fully saturated rings. The van der Waals surface area contributed by atoms with Crippen LogP contribution in [-0.4, -0.2) is 44.0 Å². The molecule has 0 atom stereocenters. The molecule has 0 amide bonds. The van der Waals surface area contributed by atoms with Gasteiger partial charge in [0.25, 0.3) is 0 Å². The van der Waals surface area contributed by atoms with Crippen LogP contribution in [0.5, 0.6) is 0 Å². The van der Waals surface area contributed by atoms with E-state index in [0.717, 1.165) is 26.4 Å². The van der Waals surface area contributed by atoms with Crippen molar-refractivity contribution in [2.75, 3.05) is 26.4 Å². The van der Waals surface area contributed by atoms with E-state index in [1.165, 1.54) is 180 Å². The maximum absolute atomic E-state index is 8.52. The van der Waals surface area contributed by atoms with E-state index in [2.05, 4.69) is 18.6 Å². The molecule has 0 saturated carbocycles. The van der Waals surface area contributed by atoms with Crippen LogP contribution in [0.1, 0.15) is 194 Å². The van der Waals surface area contributed by atoms with Crippen molar-refractivity contribution in [3.63, 3.8) is 0 Å². The fourth-order valence-corrected chi connectivity index (χ4v) is 4.90. The van der Waals surface area contributed by atoms with Crippen molar-refractivity contribution in [3.8, 4) is 0 Å². The molecule has 1 aliphatic rings. The van der Waals surface area contributed by atoms with Gasteiger partial charge in [0.2, 0.25) is 0 Å². The Morgan fingerprint density at radius 1 is 0.442 bits per heavy atom. The third-order valence-corrected chi connectivity index (χ3v) is 7.49. The van der Waals surface area contributed by atoms with E-state index < -0.39 is 10.4 Å². The molecule has 0 bridgehead atoms. The zero-order chi connectivity index (χ0) is 30.5. The zero-order valence-corrected chi connectivity index (χ0v) is 34.3. The van der Waals surface area contributed by atoms with Crippen LogP contribution in [0, 0.1) is 0 Å². The molecule has 6 nitrogen and oxygen atoms in total. The first-order chi connectivity index (χ1) is 19.9. The standard InChI is InChI=1S/C32H66O.C2H4O.2Na.H2O4S/c1-3-5-7-9-11-13-15-17-19-21-23-25-27-29-31-33-32-30-28-26-24-22-20-18-16-14-12-10-8-6-4-2;1-2-3-1;;;1-5(2,3)4/h3-32H2,1-2H3;1-2H2;;;(H2,1,2,3,4)/q;;2*+1;/p-2. The van der Waals surface area contributed by atoms with Crippen molar-refractivity contribution in [3.05, 3.63) is 0 Å². The van der Waals surface area contributed by atoms with Crippen LogP contribution < -0.4 is 59.1 Å². The van der Waals surface area contributed by atoms with Crippen LogP contribution in [0.15, 0.2) is 0 Å². The van der Waals surface area contributed by atoms with Gasteiger partial charge in [0.05, 0.1) is 13.2 Å². The predicted molar refractivity (Wildman–Crippen MR) is 173 cm³/mol. The topological polar surface area (TPSA) is 102 Å². The molecule has 43 heavy (non-hydrogen) atoms. The molecular formula is C34H70Na2O6S. The molecule has 250 valence electrons. The molecule has 1 aliphatic heterocycles. The second-order valence-electron chi connectivity index (χ2n) is 11.8. The van der Waals surface area contributed by atoms with Gasteiger partial charge in [0, 0.05) is 23.6 Å². The van der Waals surface area contributed by atoms with Gasteiger partial charge in [-0.2, -0.15) is 0 Å². The number of epoxide rings is 1. The Balaban J connectivity index is -0.000000659. The zero-order valence-electron chi connectivity index (χ0n) is 29.5. The van der Waals surface area contributed by atoms with Gasteiger partial charge in [-0.05, 0) is 12.8 Å². The van der Waals surface area contributed by atoms with Crippen LogP contribution in [0.3, 0.4) is 0 Å². The first-order valence-electron chi connectivity index (χ1n) is 17.7. The van der Waals surface area contributed by atoms with Crippen molar-refractivity contribution >= 4 is 10.4 Å². The minimum absolute atomic E-state index is 0. The molecule has 0 spiro atoms. The summed E-state index contributed by atoms with van der Waals surface area (Å²) in [5.74, 6) is 0. The summed E-state index contributed by atoms with van der Waals surface area (Å²) in [5.41, 5.74) is 0. The molecular weight excluding hydrogens is 582 g/mol. The minimum Gasteiger partial charge on any atom is -0.759 e. The molecule has 1 rings (SSSR count). The summed E-state index contributed by atoms with van der Waals surface area (Å²) in [5, 5.41) is 0. The molecule has 0 aliphatic carbocycles. The van der Waals surface area contributed by atoms with Gasteiger partial charge in [-0.15, -0.1) is 0 Å². The predicted octanol–water partition coefficient (Wildman–Crippen LogP) is 4.65. The largest absolute Gasteiger partial charge is 1.00 e. The molecule has 0 aromatic rings. The summed E-state index contributed by atoms with van der Waals surface area (Å²) in [6.45, 7) is 8.59. The van der Waals surface area contributed by atoms with E-state index in [0.29, 0.717) is 0 Å². The monoisotopic (exact) mass is 652 g/mol. The normalized spacial score (nSPS) is 11.8. The quantitative estimate of drug-likeness (QED) is 0.0368. The fraction of sp³-hybridized carbons (Fsp3) is 1.00. The smallest absolute Gasteiger partial charge is 0.759 e. The van der Waals surface area contributed by atoms with Crippen LogP contribution in [0.2, 0.25) is 0 Å². The third-order valence-electron chi connectivity index (χ3n) is 7.49. The fourth-order valence-electron chi connectivity index (χ4n) is 4.90. The molecule has 1 heterocycles. The SMILES string of the molecule is C1CO1.CCCCCCCCCCCCCCCCOCCCCCCCCCCCCCCCC.O=S(=O)([O-])[O-].[Na+].[Na+]. The van der Waals surface area contributed by atoms with E-state index >= 15 is 0 Å². The van der Waals surface area contributed by atoms with Crippen molar-refractivity contribution in [2.45, 2.75) is 194 Å². The summed E-state index contributed by atoms with van der Waals surface area (Å²) < 4.78 is 44.4. The van der Waals surface area contributed by atoms with E-state index in [1.807, 2.05) is 0 Å². The van der Waals surface area contributed by atoms with Crippen molar-refractivity contribution in [2.24, 2.45) is 0 Å². The van der Waals surface area contributed by atoms with Crippen LogP contribution in [0.4, 0.5) is 0 Å². The summed E-state index contributed by atoms with van der Waals surface area (Å²) in [6, 6.07) is 0. The number of hydrogen-bond donors (Lipinski definition) is 0. The Hall–Kier alpha value is 1.79. The average molecular weight is 653 g/mol.